The van der Waals surface area contributed by atoms with Crippen molar-refractivity contribution in [3.05, 3.63) is 17.6 Å². The highest BCUT2D eigenvalue weighted by Gasteiger charge is 2.33. The summed E-state index contributed by atoms with van der Waals surface area (Å²) in [5.74, 6) is 0.0575. The summed E-state index contributed by atoms with van der Waals surface area (Å²) in [4.78, 5) is 14.3. The molecule has 2 saturated heterocycles. The minimum absolute atomic E-state index is 0.0310. The van der Waals surface area contributed by atoms with Crippen molar-refractivity contribution >= 4 is 15.9 Å². The number of amides is 1. The van der Waals surface area contributed by atoms with Gasteiger partial charge in [-0.05, 0) is 32.6 Å². The summed E-state index contributed by atoms with van der Waals surface area (Å²) in [5.41, 5.74) is 5.90. The summed E-state index contributed by atoms with van der Waals surface area (Å²) < 4.78 is 32.2. The number of hydrogen-bond acceptors (Lipinski definition) is 5. The van der Waals surface area contributed by atoms with Gasteiger partial charge in [-0.2, -0.15) is 4.31 Å². The van der Waals surface area contributed by atoms with E-state index in [2.05, 4.69) is 0 Å². The molecule has 2 N–H and O–H groups in total. The molecule has 1 amide bonds. The number of likely N-dealkylation sites (tertiary alicyclic amines) is 1. The van der Waals surface area contributed by atoms with Gasteiger partial charge in [0.15, 0.2) is 5.76 Å². The zero-order valence-corrected chi connectivity index (χ0v) is 14.1. The highest BCUT2D eigenvalue weighted by molar-refractivity contribution is 7.89. The Kier molecular flexibility index (Phi) is 4.48. The van der Waals surface area contributed by atoms with Gasteiger partial charge in [-0.15, -0.1) is 0 Å². The lowest BCUT2D eigenvalue weighted by atomic mass is 10.1. The Bertz CT molecular complexity index is 692. The fourth-order valence-electron chi connectivity index (χ4n) is 3.24. The molecule has 0 spiro atoms. The maximum absolute atomic E-state index is 12.6. The van der Waals surface area contributed by atoms with Crippen molar-refractivity contribution < 1.29 is 17.6 Å². The van der Waals surface area contributed by atoms with E-state index in [1.807, 2.05) is 0 Å². The Labute approximate surface area is 136 Å². The van der Waals surface area contributed by atoms with Crippen LogP contribution in [0.2, 0.25) is 0 Å². The Morgan fingerprint density at radius 2 is 1.96 bits per heavy atom. The Morgan fingerprint density at radius 3 is 2.61 bits per heavy atom. The Balaban J connectivity index is 1.84. The SMILES string of the molecule is Cc1oc(C(=O)N2CCCC(N)C2)cc1S(=O)(=O)N1CCCC1. The van der Waals surface area contributed by atoms with E-state index in [1.54, 1.807) is 11.8 Å². The standard InChI is InChI=1S/C15H23N3O4S/c1-11-14(23(20,21)18-7-2-3-8-18)9-13(22-11)15(19)17-6-4-5-12(16)10-17/h9,12H,2-8,10,16H2,1H3. The summed E-state index contributed by atoms with van der Waals surface area (Å²) in [6.45, 7) is 3.74. The second kappa shape index (κ2) is 6.26. The van der Waals surface area contributed by atoms with Gasteiger partial charge in [-0.3, -0.25) is 4.79 Å². The van der Waals surface area contributed by atoms with Gasteiger partial charge in [0.05, 0.1) is 0 Å². The maximum Gasteiger partial charge on any atom is 0.289 e. The summed E-state index contributed by atoms with van der Waals surface area (Å²) in [6.07, 6.45) is 3.49. The largest absolute Gasteiger partial charge is 0.455 e. The maximum atomic E-state index is 12.6. The third-order valence-electron chi connectivity index (χ3n) is 4.51. The van der Waals surface area contributed by atoms with Crippen LogP contribution in [0.4, 0.5) is 0 Å². The zero-order chi connectivity index (χ0) is 16.6. The van der Waals surface area contributed by atoms with Crippen molar-refractivity contribution in [1.82, 2.24) is 9.21 Å². The summed E-state index contributed by atoms with van der Waals surface area (Å²) in [6, 6.07) is 1.34. The summed E-state index contributed by atoms with van der Waals surface area (Å²) >= 11 is 0. The van der Waals surface area contributed by atoms with Crippen LogP contribution in [0.1, 0.15) is 42.0 Å². The predicted octanol–water partition coefficient (Wildman–Crippen LogP) is 0.936. The fourth-order valence-corrected chi connectivity index (χ4v) is 4.92. The van der Waals surface area contributed by atoms with E-state index < -0.39 is 10.0 Å². The first-order valence-corrected chi connectivity index (χ1v) is 9.49. The molecule has 3 rings (SSSR count). The number of nitrogens with zero attached hydrogens (tertiary/aromatic N) is 2. The van der Waals surface area contributed by atoms with Gasteiger partial charge in [-0.1, -0.05) is 0 Å². The number of piperidine rings is 1. The molecule has 1 aromatic rings. The summed E-state index contributed by atoms with van der Waals surface area (Å²) in [5, 5.41) is 0. The van der Waals surface area contributed by atoms with Crippen molar-refractivity contribution in [2.45, 2.75) is 43.5 Å². The predicted molar refractivity (Wildman–Crippen MR) is 84.6 cm³/mol. The second-order valence-corrected chi connectivity index (χ2v) is 8.20. The highest BCUT2D eigenvalue weighted by Crippen LogP contribution is 2.27. The molecule has 7 nitrogen and oxygen atoms in total. The Hall–Kier alpha value is -1.38. The van der Waals surface area contributed by atoms with E-state index in [0.717, 1.165) is 25.7 Å². The molecule has 2 fully saturated rings. The lowest BCUT2D eigenvalue weighted by molar-refractivity contribution is 0.0675. The molecule has 0 saturated carbocycles. The lowest BCUT2D eigenvalue weighted by Crippen LogP contribution is -2.45. The average Bonchev–Trinajstić information content (AvgIpc) is 3.16. The van der Waals surface area contributed by atoms with Crippen molar-refractivity contribution in [3.63, 3.8) is 0 Å². The number of carbonyl (C=O) groups excluding carboxylic acids is 1. The molecule has 0 aliphatic carbocycles. The third kappa shape index (κ3) is 3.15. The normalized spacial score (nSPS) is 23.4. The Morgan fingerprint density at radius 1 is 1.26 bits per heavy atom. The van der Waals surface area contributed by atoms with Crippen molar-refractivity contribution in [1.29, 1.82) is 0 Å². The molecule has 3 heterocycles. The van der Waals surface area contributed by atoms with Gasteiger partial charge in [0.2, 0.25) is 10.0 Å². The zero-order valence-electron chi connectivity index (χ0n) is 13.3. The quantitative estimate of drug-likeness (QED) is 0.882. The molecular formula is C15H23N3O4S. The van der Waals surface area contributed by atoms with Crippen LogP contribution in [0, 0.1) is 6.92 Å². The van der Waals surface area contributed by atoms with E-state index in [9.17, 15) is 13.2 Å². The van der Waals surface area contributed by atoms with E-state index >= 15 is 0 Å². The van der Waals surface area contributed by atoms with Crippen LogP contribution in [0.3, 0.4) is 0 Å². The molecule has 1 unspecified atom stereocenters. The number of sulfonamides is 1. The fraction of sp³-hybridized carbons (Fsp3) is 0.667. The number of carbonyl (C=O) groups is 1. The molecule has 2 aliphatic rings. The molecule has 8 heteroatoms. The van der Waals surface area contributed by atoms with E-state index in [4.69, 9.17) is 10.2 Å². The van der Waals surface area contributed by atoms with Gasteiger partial charge in [0, 0.05) is 38.3 Å². The smallest absolute Gasteiger partial charge is 0.289 e. The molecular weight excluding hydrogens is 318 g/mol. The van der Waals surface area contributed by atoms with Gasteiger partial charge < -0.3 is 15.1 Å². The number of rotatable bonds is 3. The molecule has 23 heavy (non-hydrogen) atoms. The van der Waals surface area contributed by atoms with Gasteiger partial charge >= 0.3 is 0 Å². The molecule has 128 valence electrons. The van der Waals surface area contributed by atoms with Crippen molar-refractivity contribution in [2.24, 2.45) is 5.73 Å². The van der Waals surface area contributed by atoms with Gasteiger partial charge in [0.25, 0.3) is 5.91 Å². The average molecular weight is 341 g/mol. The minimum atomic E-state index is -3.58. The van der Waals surface area contributed by atoms with Crippen LogP contribution in [0.15, 0.2) is 15.4 Å². The van der Waals surface area contributed by atoms with Gasteiger partial charge in [-0.25, -0.2) is 8.42 Å². The number of nitrogens with two attached hydrogens (primary N) is 1. The minimum Gasteiger partial charge on any atom is -0.455 e. The molecule has 1 aromatic heterocycles. The number of aryl methyl sites for hydroxylation is 1. The van der Waals surface area contributed by atoms with Crippen LogP contribution >= 0.6 is 0 Å². The van der Waals surface area contributed by atoms with Crippen LogP contribution < -0.4 is 5.73 Å². The monoisotopic (exact) mass is 341 g/mol. The lowest BCUT2D eigenvalue weighted by Gasteiger charge is -2.30. The van der Waals surface area contributed by atoms with Crippen LogP contribution in [0.5, 0.6) is 0 Å². The highest BCUT2D eigenvalue weighted by atomic mass is 32.2. The first kappa shape index (κ1) is 16.5. The topological polar surface area (TPSA) is 96.8 Å². The molecule has 0 radical (unpaired) electrons. The van der Waals surface area contributed by atoms with E-state index in [0.29, 0.717) is 26.2 Å². The van der Waals surface area contributed by atoms with Crippen molar-refractivity contribution in [3.8, 4) is 0 Å². The molecule has 0 bridgehead atoms. The molecule has 2 aliphatic heterocycles. The van der Waals surface area contributed by atoms with E-state index in [1.165, 1.54) is 10.4 Å². The van der Waals surface area contributed by atoms with Crippen LogP contribution in [-0.2, 0) is 10.0 Å². The second-order valence-electron chi connectivity index (χ2n) is 6.30. The number of hydrogen-bond donors (Lipinski definition) is 1. The first-order chi connectivity index (χ1) is 10.9. The van der Waals surface area contributed by atoms with Gasteiger partial charge in [0.1, 0.15) is 10.7 Å². The van der Waals surface area contributed by atoms with Crippen molar-refractivity contribution in [2.75, 3.05) is 26.2 Å². The number of furan rings is 1. The third-order valence-corrected chi connectivity index (χ3v) is 6.52. The first-order valence-electron chi connectivity index (χ1n) is 8.05. The molecule has 1 atom stereocenters. The summed E-state index contributed by atoms with van der Waals surface area (Å²) in [7, 11) is -3.58. The van der Waals surface area contributed by atoms with E-state index in [-0.39, 0.29) is 28.4 Å². The van der Waals surface area contributed by atoms with Crippen LogP contribution in [0.25, 0.3) is 0 Å². The molecule has 0 aromatic carbocycles. The van der Waals surface area contributed by atoms with Crippen LogP contribution in [-0.4, -0.2) is 55.8 Å².